The van der Waals surface area contributed by atoms with Gasteiger partial charge in [-0.15, -0.1) is 0 Å². The Bertz CT molecular complexity index is 140. The first-order valence-electron chi connectivity index (χ1n) is 1.57. The van der Waals surface area contributed by atoms with Gasteiger partial charge in [0, 0.05) is 0 Å². The summed E-state index contributed by atoms with van der Waals surface area (Å²) >= 11 is 0. The fourth-order valence-corrected chi connectivity index (χ4v) is 0. The molecule has 0 aliphatic heterocycles. The Hall–Kier alpha value is 0.986. The van der Waals surface area contributed by atoms with Crippen LogP contribution in [0.4, 0.5) is 0 Å². The molecule has 0 atom stereocenters. The number of phosphoric acid groups is 2. The van der Waals surface area contributed by atoms with Crippen LogP contribution in [0.25, 0.3) is 0 Å². The molecule has 0 radical (unpaired) electrons. The first kappa shape index (κ1) is 23.1. The van der Waals surface area contributed by atoms with E-state index in [4.69, 9.17) is 38.5 Å². The van der Waals surface area contributed by atoms with Crippen LogP contribution in [-0.2, 0) is 9.13 Å². The molecule has 0 fully saturated rings. The van der Waals surface area contributed by atoms with E-state index in [9.17, 15) is 0 Å². The smallest absolute Gasteiger partial charge is 1.00 e. The molecule has 0 heterocycles. The SMILES string of the molecule is O=P(O)(O)O.O=P(O)(O)O.[Be+2].[H-].[H-].[H-].[Li+]. The molecule has 6 N–H and O–H groups in total. The maximum Gasteiger partial charge on any atom is 2.00 e. The quantitative estimate of drug-likeness (QED) is 0.173. The minimum Gasteiger partial charge on any atom is -1.00 e. The summed E-state index contributed by atoms with van der Waals surface area (Å²) in [6.07, 6.45) is 0. The minimum atomic E-state index is -4.64. The fourth-order valence-electron chi connectivity index (χ4n) is 0. The average molecular weight is 215 g/mol. The van der Waals surface area contributed by atoms with Gasteiger partial charge >= 0.3 is 44.6 Å². The topological polar surface area (TPSA) is 156 Å². The molecule has 0 aromatic heterocycles. The van der Waals surface area contributed by atoms with Crippen molar-refractivity contribution in [2.45, 2.75) is 0 Å². The van der Waals surface area contributed by atoms with Crippen molar-refractivity contribution in [2.75, 3.05) is 0 Å². The molecule has 0 aliphatic rings. The van der Waals surface area contributed by atoms with Crippen molar-refractivity contribution >= 4 is 25.8 Å². The Morgan fingerprint density at radius 3 is 0.750 bits per heavy atom. The van der Waals surface area contributed by atoms with Gasteiger partial charge in [0.25, 0.3) is 0 Å². The van der Waals surface area contributed by atoms with E-state index in [-0.39, 0.29) is 33.3 Å². The van der Waals surface area contributed by atoms with Crippen LogP contribution in [-0.4, -0.2) is 39.5 Å². The number of hydrogen-bond donors (Lipinski definition) is 6. The molecule has 70 valence electrons. The van der Waals surface area contributed by atoms with E-state index in [1.165, 1.54) is 0 Å². The van der Waals surface area contributed by atoms with Crippen LogP contribution in [0.2, 0.25) is 0 Å². The van der Waals surface area contributed by atoms with Crippen LogP contribution in [0.5, 0.6) is 0 Å². The van der Waals surface area contributed by atoms with Gasteiger partial charge in [-0.05, 0) is 0 Å². The maximum atomic E-state index is 8.88. The second-order valence-corrected chi connectivity index (χ2v) is 3.08. The summed E-state index contributed by atoms with van der Waals surface area (Å²) in [4.78, 5) is 43.1. The van der Waals surface area contributed by atoms with Gasteiger partial charge in [0.2, 0.25) is 0 Å². The van der Waals surface area contributed by atoms with Crippen LogP contribution >= 0.6 is 15.6 Å². The minimum absolute atomic E-state index is 0. The third-order valence-electron chi connectivity index (χ3n) is 0. The van der Waals surface area contributed by atoms with Gasteiger partial charge < -0.3 is 33.6 Å². The average Bonchev–Trinajstić information content (AvgIpc) is 1.12. The molecule has 0 aromatic rings. The van der Waals surface area contributed by atoms with E-state index < -0.39 is 15.6 Å². The molecule has 12 heavy (non-hydrogen) atoms. The summed E-state index contributed by atoms with van der Waals surface area (Å²) < 4.78 is 17.8. The number of rotatable bonds is 0. The molecule has 0 rings (SSSR count). The van der Waals surface area contributed by atoms with Crippen LogP contribution in [0.1, 0.15) is 4.28 Å². The molecule has 0 spiro atoms. The monoisotopic (exact) mass is 215 g/mol. The zero-order valence-electron chi connectivity index (χ0n) is 9.10. The van der Waals surface area contributed by atoms with Gasteiger partial charge in [0.1, 0.15) is 0 Å². The Morgan fingerprint density at radius 2 is 0.750 bits per heavy atom. The Balaban J connectivity index is -0.0000000128. The summed E-state index contributed by atoms with van der Waals surface area (Å²) in [5, 5.41) is 0. The molecule has 0 saturated carbocycles. The Kier molecular flexibility index (Phi) is 16.5. The summed E-state index contributed by atoms with van der Waals surface area (Å²) in [5.41, 5.74) is 0. The van der Waals surface area contributed by atoms with Crippen molar-refractivity contribution in [1.29, 1.82) is 0 Å². The predicted octanol–water partition coefficient (Wildman–Crippen LogP) is -4.90. The Morgan fingerprint density at radius 1 is 0.750 bits per heavy atom. The predicted molar refractivity (Wildman–Crippen MR) is 37.6 cm³/mol. The van der Waals surface area contributed by atoms with E-state index in [1.54, 1.807) is 0 Å². The second-order valence-electron chi connectivity index (χ2n) is 1.03. The van der Waals surface area contributed by atoms with Crippen LogP contribution in [0.15, 0.2) is 0 Å². The zero-order chi connectivity index (χ0) is 9.00. The van der Waals surface area contributed by atoms with Crippen LogP contribution in [0, 0.1) is 0 Å². The molecule has 0 unspecified atom stereocenters. The first-order chi connectivity index (χ1) is 4.00. The van der Waals surface area contributed by atoms with Crippen molar-refractivity contribution < 1.29 is 61.6 Å². The molecule has 12 heteroatoms. The van der Waals surface area contributed by atoms with E-state index in [1.807, 2.05) is 0 Å². The molecule has 0 aliphatic carbocycles. The third kappa shape index (κ3) is 1130. The summed E-state index contributed by atoms with van der Waals surface area (Å²) in [5.74, 6) is 0. The molecule has 0 aromatic carbocycles. The second kappa shape index (κ2) is 8.58. The van der Waals surface area contributed by atoms with Crippen LogP contribution < -0.4 is 18.9 Å². The van der Waals surface area contributed by atoms with E-state index >= 15 is 0 Å². The molecule has 0 saturated heterocycles. The Labute approximate surface area is 88.0 Å². The standard InChI is InChI=1S/Be.Li.2H3O4P.3H/c;;2*1-5(2,3)4;;;/h;;2*(H3,1,2,3,4);;;/q+2;+1;;;3*-1. The van der Waals surface area contributed by atoms with Gasteiger partial charge in [-0.1, -0.05) is 0 Å². The summed E-state index contributed by atoms with van der Waals surface area (Å²) in [6.45, 7) is 0. The van der Waals surface area contributed by atoms with Gasteiger partial charge in [-0.25, -0.2) is 9.13 Å². The normalized spacial score (nSPS) is 9.83. The van der Waals surface area contributed by atoms with Gasteiger partial charge in [-0.3, -0.25) is 0 Å². The summed E-state index contributed by atoms with van der Waals surface area (Å²) in [7, 11) is -9.28. The van der Waals surface area contributed by atoms with Crippen molar-refractivity contribution in [3.8, 4) is 0 Å². The zero-order valence-corrected chi connectivity index (χ0v) is 7.89. The van der Waals surface area contributed by atoms with Crippen molar-refractivity contribution in [2.24, 2.45) is 0 Å². The van der Waals surface area contributed by atoms with E-state index in [0.717, 1.165) is 0 Å². The van der Waals surface area contributed by atoms with Crippen molar-refractivity contribution in [3.05, 3.63) is 0 Å². The third-order valence-corrected chi connectivity index (χ3v) is 0. The fraction of sp³-hybridized carbons (Fsp3) is 0. The van der Waals surface area contributed by atoms with Crippen LogP contribution in [0.3, 0.4) is 0 Å². The first-order valence-corrected chi connectivity index (χ1v) is 4.70. The molecular weight excluding hydrogens is 206 g/mol. The van der Waals surface area contributed by atoms with Crippen molar-refractivity contribution in [1.82, 2.24) is 0 Å². The van der Waals surface area contributed by atoms with Gasteiger partial charge in [0.05, 0.1) is 0 Å². The molecule has 8 nitrogen and oxygen atoms in total. The molecular formula is H9BeLiO8P2. The molecule has 0 bridgehead atoms. The van der Waals surface area contributed by atoms with Gasteiger partial charge in [-0.2, -0.15) is 0 Å². The molecule has 0 amide bonds. The van der Waals surface area contributed by atoms with Gasteiger partial charge in [0.15, 0.2) is 0 Å². The van der Waals surface area contributed by atoms with E-state index in [2.05, 4.69) is 0 Å². The van der Waals surface area contributed by atoms with Crippen molar-refractivity contribution in [3.63, 3.8) is 0 Å². The largest absolute Gasteiger partial charge is 2.00 e. The summed E-state index contributed by atoms with van der Waals surface area (Å²) in [6, 6.07) is 0. The van der Waals surface area contributed by atoms with E-state index in [0.29, 0.717) is 0 Å². The number of hydrogen-bond acceptors (Lipinski definition) is 2. The maximum absolute atomic E-state index is 8.88.